The topological polar surface area (TPSA) is 0 Å². The summed E-state index contributed by atoms with van der Waals surface area (Å²) in [7, 11) is 5.46. The van der Waals surface area contributed by atoms with Crippen molar-refractivity contribution in [1.29, 1.82) is 0 Å². The van der Waals surface area contributed by atoms with E-state index in [1.165, 1.54) is 66.1 Å². The number of aryl methyl sites for hydroxylation is 4. The summed E-state index contributed by atoms with van der Waals surface area (Å²) in [4.78, 5) is 0. The average Bonchev–Trinajstić information content (AvgIpc) is 3.75. The summed E-state index contributed by atoms with van der Waals surface area (Å²) in [5.41, 5.74) is 11.4. The van der Waals surface area contributed by atoms with Crippen molar-refractivity contribution in [2.45, 2.75) is 132 Å². The molecule has 0 aliphatic carbocycles. The molecule has 0 N–H and O–H groups in total. The van der Waals surface area contributed by atoms with Crippen LogP contribution in [0.5, 0.6) is 0 Å². The fourth-order valence-electron chi connectivity index (χ4n) is 7.36. The molecule has 8 heteroatoms. The van der Waals surface area contributed by atoms with Gasteiger partial charge in [0.05, 0.1) is 32.3 Å². The fourth-order valence-corrected chi connectivity index (χ4v) is 12.4. The van der Waals surface area contributed by atoms with E-state index in [4.69, 9.17) is 17.0 Å². The first-order chi connectivity index (χ1) is 26.8. The van der Waals surface area contributed by atoms with Gasteiger partial charge in [0, 0.05) is 9.52 Å². The van der Waals surface area contributed by atoms with Gasteiger partial charge in [0.2, 0.25) is 0 Å². The van der Waals surface area contributed by atoms with Crippen molar-refractivity contribution in [2.24, 2.45) is 0 Å². The van der Waals surface area contributed by atoms with Crippen LogP contribution in [0, 0.1) is 13.8 Å². The molecule has 0 atom stereocenters. The van der Waals surface area contributed by atoms with Crippen molar-refractivity contribution >= 4 is 101 Å². The van der Waals surface area contributed by atoms with Gasteiger partial charge in [-0.25, -0.2) is 0 Å². The molecule has 0 spiro atoms. The zero-order valence-electron chi connectivity index (χ0n) is 39.3. The molecule has 6 aromatic rings. The molecule has 0 unspecified atom stereocenters. The van der Waals surface area contributed by atoms with Crippen LogP contribution < -0.4 is 20.7 Å². The van der Waals surface area contributed by atoms with Crippen LogP contribution in [0.3, 0.4) is 0 Å². The Labute approximate surface area is 380 Å². The van der Waals surface area contributed by atoms with Crippen molar-refractivity contribution in [3.63, 3.8) is 0 Å². The molecular formula is C50H72Cl2Si5Zr. The van der Waals surface area contributed by atoms with Crippen LogP contribution in [0.4, 0.5) is 0 Å². The van der Waals surface area contributed by atoms with Gasteiger partial charge in [0.25, 0.3) is 0 Å². The van der Waals surface area contributed by atoms with Crippen molar-refractivity contribution in [2.75, 3.05) is 0 Å². The van der Waals surface area contributed by atoms with E-state index in [2.05, 4.69) is 204 Å². The number of benzene rings is 4. The van der Waals surface area contributed by atoms with Gasteiger partial charge in [-0.2, -0.15) is 12.1 Å². The second-order valence-electron chi connectivity index (χ2n) is 20.1. The first-order valence-corrected chi connectivity index (χ1v) is 43.4. The molecule has 0 amide bonds. The van der Waals surface area contributed by atoms with Gasteiger partial charge >= 0.3 is 37.9 Å². The minimum absolute atomic E-state index is 0.826. The Morgan fingerprint density at radius 3 is 0.966 bits per heavy atom. The van der Waals surface area contributed by atoms with E-state index in [0.29, 0.717) is 0 Å². The van der Waals surface area contributed by atoms with Crippen molar-refractivity contribution in [1.82, 2.24) is 0 Å². The molecule has 58 heavy (non-hydrogen) atoms. The molecule has 0 heterocycles. The van der Waals surface area contributed by atoms with Gasteiger partial charge in [-0.1, -0.05) is 185 Å². The molecule has 6 rings (SSSR count). The monoisotopic (exact) mass is 972 g/mol. The van der Waals surface area contributed by atoms with Gasteiger partial charge in [-0.15, -0.1) is 69.1 Å². The second-order valence-corrected chi connectivity index (χ2v) is 45.2. The number of halogens is 2. The Kier molecular flexibility index (Phi) is 18.6. The van der Waals surface area contributed by atoms with E-state index in [0.717, 1.165) is 22.4 Å². The van der Waals surface area contributed by atoms with Crippen molar-refractivity contribution < 1.29 is 20.8 Å². The quantitative estimate of drug-likeness (QED) is 0.105. The van der Waals surface area contributed by atoms with E-state index >= 15 is 0 Å². The second kappa shape index (κ2) is 21.1. The minimum atomic E-state index is -1.37. The zero-order valence-corrected chi connectivity index (χ0v) is 48.2. The molecule has 0 aromatic heterocycles. The summed E-state index contributed by atoms with van der Waals surface area (Å²) in [6.07, 6.45) is 2.20. The Balaban J connectivity index is 0.000000273. The van der Waals surface area contributed by atoms with Crippen LogP contribution in [0.25, 0.3) is 43.8 Å². The van der Waals surface area contributed by atoms with Gasteiger partial charge in [0.15, 0.2) is 0 Å². The summed E-state index contributed by atoms with van der Waals surface area (Å²) in [5.74, 6) is 0. The van der Waals surface area contributed by atoms with Gasteiger partial charge in [0.1, 0.15) is 0 Å². The van der Waals surface area contributed by atoms with E-state index in [-0.39, 0.29) is 0 Å². The third kappa shape index (κ3) is 13.3. The molecule has 0 nitrogen and oxygen atoms in total. The van der Waals surface area contributed by atoms with E-state index in [1.54, 1.807) is 20.7 Å². The molecule has 0 fully saturated rings. The molecule has 0 saturated carbocycles. The number of fused-ring (bicyclic) bond motifs is 2. The summed E-state index contributed by atoms with van der Waals surface area (Å²) < 4.78 is 0. The first-order valence-electron chi connectivity index (χ1n) is 21.1. The predicted molar refractivity (Wildman–Crippen MR) is 279 cm³/mol. The predicted octanol–water partition coefficient (Wildman–Crippen LogP) is 14.5. The summed E-state index contributed by atoms with van der Waals surface area (Å²) in [6, 6.07) is 33.8. The molecule has 310 valence electrons. The van der Waals surface area contributed by atoms with Crippen molar-refractivity contribution in [3.05, 3.63) is 107 Å². The molecule has 2 radical (unpaired) electrons. The molecule has 0 bridgehead atoms. The SMILES string of the molecule is CCc1cc2c(-c3cc([Si](C)(C)C)cc([Si](C)(C)C)c3)c(C)ccc2[cH-]1.CCc1cc2c(-c3cc([Si](C)(C)C)cc([Si](C)(C)C)c3)c(C)ccc2[cH-]1.C[Si]C.[Cl][Zr+2][Cl]. The standard InChI is InChI=1S/2C24H33Si2.C2H6Si.2ClH.Zr/c2*1-9-18-12-19-11-10-17(2)24(23(19)13-18)20-14-21(25(3,4)5)16-22(15-20)26(6,7)8;1-3-2;;;/h2*10-16H,9H2,1-8H3;1-2H3;2*1H;/q2*-1;;;;+4/p-2. The van der Waals surface area contributed by atoms with Gasteiger partial charge < -0.3 is 0 Å². The zero-order chi connectivity index (χ0) is 44.0. The Morgan fingerprint density at radius 2 is 0.741 bits per heavy atom. The Hall–Kier alpha value is -1.35. The number of rotatable bonds is 8. The fraction of sp³-hybridized carbons (Fsp3) is 0.400. The maximum absolute atomic E-state index is 4.93. The molecule has 0 aliphatic rings. The molecular weight excluding hydrogens is 903 g/mol. The summed E-state index contributed by atoms with van der Waals surface area (Å²) >= 11 is -0.826. The normalized spacial score (nSPS) is 11.9. The summed E-state index contributed by atoms with van der Waals surface area (Å²) in [6.45, 7) is 42.9. The Morgan fingerprint density at radius 1 is 0.483 bits per heavy atom. The molecule has 0 saturated heterocycles. The van der Waals surface area contributed by atoms with Crippen LogP contribution in [0.2, 0.25) is 91.7 Å². The van der Waals surface area contributed by atoms with Crippen LogP contribution >= 0.6 is 17.0 Å². The Bertz CT molecular complexity index is 2050. The summed E-state index contributed by atoms with van der Waals surface area (Å²) in [5, 5.41) is 12.0. The van der Waals surface area contributed by atoms with Crippen LogP contribution in [0.15, 0.2) is 84.9 Å². The average molecular weight is 976 g/mol. The van der Waals surface area contributed by atoms with E-state index in [1.807, 2.05) is 0 Å². The van der Waals surface area contributed by atoms with Crippen LogP contribution in [-0.2, 0) is 33.7 Å². The van der Waals surface area contributed by atoms with Crippen molar-refractivity contribution in [3.8, 4) is 22.3 Å². The van der Waals surface area contributed by atoms with E-state index in [9.17, 15) is 0 Å². The third-order valence-electron chi connectivity index (χ3n) is 11.0. The van der Waals surface area contributed by atoms with Crippen LogP contribution in [-0.4, -0.2) is 41.8 Å². The van der Waals surface area contributed by atoms with Gasteiger partial charge in [-0.05, 0) is 37.8 Å². The van der Waals surface area contributed by atoms with E-state index < -0.39 is 53.1 Å². The third-order valence-corrected chi connectivity index (χ3v) is 19.1. The van der Waals surface area contributed by atoms with Gasteiger partial charge in [-0.3, -0.25) is 0 Å². The maximum atomic E-state index is 4.93. The number of hydrogen-bond donors (Lipinski definition) is 0. The number of hydrogen-bond acceptors (Lipinski definition) is 0. The first kappa shape index (κ1) is 51.0. The molecule has 6 aromatic carbocycles. The van der Waals surface area contributed by atoms with Crippen LogP contribution in [0.1, 0.15) is 36.1 Å². The molecule has 0 aliphatic heterocycles.